The van der Waals surface area contributed by atoms with Gasteiger partial charge in [0.05, 0.1) is 31.8 Å². The summed E-state index contributed by atoms with van der Waals surface area (Å²) in [6.07, 6.45) is 9.15. The monoisotopic (exact) mass is 323 g/mol. The second-order valence-electron chi connectivity index (χ2n) is 7.16. The lowest BCUT2D eigenvalue weighted by atomic mass is 9.90. The van der Waals surface area contributed by atoms with Gasteiger partial charge in [-0.25, -0.2) is 0 Å². The van der Waals surface area contributed by atoms with Crippen molar-refractivity contribution in [2.45, 2.75) is 69.6 Å². The van der Waals surface area contributed by atoms with E-state index in [0.717, 1.165) is 25.7 Å². The zero-order valence-corrected chi connectivity index (χ0v) is 13.9. The Labute approximate surface area is 138 Å². The van der Waals surface area contributed by atoms with Crippen LogP contribution in [0, 0.1) is 0 Å². The first-order valence-corrected chi connectivity index (χ1v) is 9.08. The predicted octanol–water partition coefficient (Wildman–Crippen LogP) is 0.886. The molecule has 6 nitrogen and oxygen atoms in total. The van der Waals surface area contributed by atoms with Gasteiger partial charge < -0.3 is 15.4 Å². The van der Waals surface area contributed by atoms with E-state index in [2.05, 4.69) is 0 Å². The second kappa shape index (κ2) is 7.62. The Balaban J connectivity index is 1.63. The van der Waals surface area contributed by atoms with Crippen LogP contribution in [0.25, 0.3) is 0 Å². The van der Waals surface area contributed by atoms with Gasteiger partial charge in [0.25, 0.3) is 0 Å². The highest BCUT2D eigenvalue weighted by Gasteiger charge is 2.37. The number of rotatable bonds is 5. The average Bonchev–Trinajstić information content (AvgIpc) is 3.07. The highest BCUT2D eigenvalue weighted by Crippen LogP contribution is 2.29. The molecule has 3 fully saturated rings. The molecule has 6 heteroatoms. The smallest absolute Gasteiger partial charge is 0.237 e. The molecule has 0 aromatic carbocycles. The summed E-state index contributed by atoms with van der Waals surface area (Å²) in [5.74, 6) is -0.208. The second-order valence-corrected chi connectivity index (χ2v) is 7.16. The van der Waals surface area contributed by atoms with Crippen LogP contribution in [0.4, 0.5) is 0 Å². The zero-order chi connectivity index (χ0) is 16.2. The summed E-state index contributed by atoms with van der Waals surface area (Å²) in [7, 11) is 0. The largest absolute Gasteiger partial charge is 0.374 e. The molecule has 2 N–H and O–H groups in total. The van der Waals surface area contributed by atoms with Crippen LogP contribution in [0.15, 0.2) is 0 Å². The first kappa shape index (κ1) is 16.7. The molecule has 0 unspecified atom stereocenters. The van der Waals surface area contributed by atoms with Gasteiger partial charge in [-0.15, -0.1) is 0 Å². The summed E-state index contributed by atoms with van der Waals surface area (Å²) in [4.78, 5) is 28.3. The normalized spacial score (nSPS) is 28.8. The highest BCUT2D eigenvalue weighted by molar-refractivity contribution is 5.81. The number of carbonyl (C=O) groups excluding carboxylic acids is 2. The van der Waals surface area contributed by atoms with E-state index in [1.807, 2.05) is 9.80 Å². The third-order valence-corrected chi connectivity index (χ3v) is 5.59. The molecule has 1 aliphatic heterocycles. The molecular formula is C17H29N3O3. The quantitative estimate of drug-likeness (QED) is 0.815. The topological polar surface area (TPSA) is 75.9 Å². The molecule has 1 heterocycles. The predicted molar refractivity (Wildman–Crippen MR) is 86.7 cm³/mol. The van der Waals surface area contributed by atoms with Crippen molar-refractivity contribution in [3.8, 4) is 0 Å². The Morgan fingerprint density at radius 3 is 2.48 bits per heavy atom. The van der Waals surface area contributed by atoms with Crippen molar-refractivity contribution in [3.63, 3.8) is 0 Å². The van der Waals surface area contributed by atoms with Crippen molar-refractivity contribution in [2.24, 2.45) is 5.73 Å². The van der Waals surface area contributed by atoms with Gasteiger partial charge in [0.15, 0.2) is 0 Å². The highest BCUT2D eigenvalue weighted by atomic mass is 16.5. The number of hydrogen-bond acceptors (Lipinski definition) is 4. The Kier molecular flexibility index (Phi) is 5.54. The van der Waals surface area contributed by atoms with Gasteiger partial charge in [-0.3, -0.25) is 14.5 Å². The van der Waals surface area contributed by atoms with Crippen LogP contribution in [-0.4, -0.2) is 66.0 Å². The zero-order valence-electron chi connectivity index (χ0n) is 13.9. The molecule has 1 saturated heterocycles. The number of hydrogen-bond donors (Lipinski definition) is 1. The maximum Gasteiger partial charge on any atom is 0.237 e. The molecule has 0 aromatic rings. The molecule has 2 saturated carbocycles. The fourth-order valence-electron chi connectivity index (χ4n) is 4.45. The fraction of sp³-hybridized carbons (Fsp3) is 0.882. The number of nitrogens with zero attached hydrogens (tertiary/aromatic N) is 2. The van der Waals surface area contributed by atoms with Crippen molar-refractivity contribution in [2.75, 3.05) is 26.2 Å². The minimum absolute atomic E-state index is 0.137. The van der Waals surface area contributed by atoms with Crippen molar-refractivity contribution >= 4 is 11.8 Å². The van der Waals surface area contributed by atoms with E-state index >= 15 is 0 Å². The molecule has 0 radical (unpaired) electrons. The molecule has 0 aromatic heterocycles. The van der Waals surface area contributed by atoms with Gasteiger partial charge in [0.2, 0.25) is 11.8 Å². The Morgan fingerprint density at radius 1 is 1.04 bits per heavy atom. The van der Waals surface area contributed by atoms with Crippen LogP contribution in [0.3, 0.4) is 0 Å². The number of fused-ring (bicyclic) bond motifs is 1. The van der Waals surface area contributed by atoms with E-state index in [1.165, 1.54) is 25.7 Å². The number of primary amides is 1. The van der Waals surface area contributed by atoms with Gasteiger partial charge in [-0.05, 0) is 25.7 Å². The first-order valence-electron chi connectivity index (χ1n) is 9.08. The molecule has 3 aliphatic rings. The molecular weight excluding hydrogens is 294 g/mol. The fourth-order valence-corrected chi connectivity index (χ4v) is 4.45. The van der Waals surface area contributed by atoms with Gasteiger partial charge in [0, 0.05) is 12.6 Å². The lowest BCUT2D eigenvalue weighted by molar-refractivity contribution is -0.151. The lowest BCUT2D eigenvalue weighted by Crippen LogP contribution is -2.57. The standard InChI is InChI=1S/C17H29N3O3/c18-16(21)11-19(13-5-1-2-6-13)12-17(22)20-9-10-23-15-8-4-3-7-14(15)20/h13-15H,1-12H2,(H2,18,21)/t14-,15-/m0/s1. The maximum absolute atomic E-state index is 12.9. The van der Waals surface area contributed by atoms with E-state index in [1.54, 1.807) is 0 Å². The molecule has 3 rings (SSSR count). The molecule has 0 bridgehead atoms. The number of ether oxygens (including phenoxy) is 1. The molecule has 2 aliphatic carbocycles. The van der Waals surface area contributed by atoms with Gasteiger partial charge in [-0.2, -0.15) is 0 Å². The van der Waals surface area contributed by atoms with E-state index in [0.29, 0.717) is 25.7 Å². The molecule has 0 spiro atoms. The van der Waals surface area contributed by atoms with Crippen molar-refractivity contribution in [1.29, 1.82) is 0 Å². The molecule has 2 amide bonds. The summed E-state index contributed by atoms with van der Waals surface area (Å²) in [5, 5.41) is 0. The minimum Gasteiger partial charge on any atom is -0.374 e. The van der Waals surface area contributed by atoms with Crippen LogP contribution in [0.1, 0.15) is 51.4 Å². The van der Waals surface area contributed by atoms with Crippen LogP contribution < -0.4 is 5.73 Å². The molecule has 23 heavy (non-hydrogen) atoms. The Hall–Kier alpha value is -1.14. The maximum atomic E-state index is 12.9. The van der Waals surface area contributed by atoms with Crippen molar-refractivity contribution in [1.82, 2.24) is 9.80 Å². The first-order chi connectivity index (χ1) is 11.1. The Morgan fingerprint density at radius 2 is 1.74 bits per heavy atom. The Bertz CT molecular complexity index is 435. The summed E-state index contributed by atoms with van der Waals surface area (Å²) < 4.78 is 5.85. The third-order valence-electron chi connectivity index (χ3n) is 5.59. The van der Waals surface area contributed by atoms with E-state index in [9.17, 15) is 9.59 Å². The van der Waals surface area contributed by atoms with Crippen LogP contribution >= 0.6 is 0 Å². The lowest BCUT2D eigenvalue weighted by Gasteiger charge is -2.44. The van der Waals surface area contributed by atoms with Crippen molar-refractivity contribution < 1.29 is 14.3 Å². The SMILES string of the molecule is NC(=O)CN(CC(=O)N1CCO[C@H]2CCCC[C@@H]21)C1CCCC1. The summed E-state index contributed by atoms with van der Waals surface area (Å²) in [5.41, 5.74) is 5.40. The van der Waals surface area contributed by atoms with Crippen LogP contribution in [0.5, 0.6) is 0 Å². The van der Waals surface area contributed by atoms with E-state index in [-0.39, 0.29) is 30.5 Å². The van der Waals surface area contributed by atoms with Gasteiger partial charge in [0.1, 0.15) is 0 Å². The van der Waals surface area contributed by atoms with Crippen LogP contribution in [-0.2, 0) is 14.3 Å². The molecule has 2 atom stereocenters. The van der Waals surface area contributed by atoms with Gasteiger partial charge in [-0.1, -0.05) is 25.7 Å². The molecule has 130 valence electrons. The van der Waals surface area contributed by atoms with Crippen molar-refractivity contribution in [3.05, 3.63) is 0 Å². The third kappa shape index (κ3) is 4.04. The number of carbonyl (C=O) groups is 2. The number of morpholine rings is 1. The summed E-state index contributed by atoms with van der Waals surface area (Å²) >= 11 is 0. The average molecular weight is 323 g/mol. The van der Waals surface area contributed by atoms with E-state index < -0.39 is 0 Å². The van der Waals surface area contributed by atoms with E-state index in [4.69, 9.17) is 10.5 Å². The van der Waals surface area contributed by atoms with Gasteiger partial charge >= 0.3 is 0 Å². The minimum atomic E-state index is -0.345. The summed E-state index contributed by atoms with van der Waals surface area (Å²) in [6.45, 7) is 1.81. The summed E-state index contributed by atoms with van der Waals surface area (Å²) in [6, 6.07) is 0.554. The number of nitrogens with two attached hydrogens (primary N) is 1. The van der Waals surface area contributed by atoms with Crippen LogP contribution in [0.2, 0.25) is 0 Å². The number of amides is 2.